The second-order valence-electron chi connectivity index (χ2n) is 5.92. The van der Waals surface area contributed by atoms with E-state index in [-0.39, 0.29) is 0 Å². The molecule has 1 aromatic carbocycles. The van der Waals surface area contributed by atoms with Crippen LogP contribution in [0.15, 0.2) is 52.6 Å². The average Bonchev–Trinajstić information content (AvgIpc) is 2.67. The van der Waals surface area contributed by atoms with Crippen molar-refractivity contribution in [2.24, 2.45) is 10.7 Å². The molecule has 0 aliphatic carbocycles. The third-order valence-corrected chi connectivity index (χ3v) is 5.09. The SMILES string of the molecule is Cc1ccc(SCCN=C(N)N2CCN(c3ncccn3)CC2)cc1. The van der Waals surface area contributed by atoms with Crippen LogP contribution in [0.3, 0.4) is 0 Å². The highest BCUT2D eigenvalue weighted by Crippen LogP contribution is 2.17. The lowest BCUT2D eigenvalue weighted by molar-refractivity contribution is 0.378. The highest BCUT2D eigenvalue weighted by Gasteiger charge is 2.19. The fourth-order valence-corrected chi connectivity index (χ4v) is 3.40. The molecule has 6 nitrogen and oxygen atoms in total. The van der Waals surface area contributed by atoms with E-state index in [1.54, 1.807) is 12.4 Å². The highest BCUT2D eigenvalue weighted by molar-refractivity contribution is 7.99. The Bertz CT molecular complexity index is 680. The summed E-state index contributed by atoms with van der Waals surface area (Å²) in [5, 5.41) is 0. The maximum atomic E-state index is 6.15. The van der Waals surface area contributed by atoms with Crippen molar-refractivity contribution >= 4 is 23.7 Å². The number of rotatable bonds is 5. The molecule has 1 aliphatic rings. The van der Waals surface area contributed by atoms with Crippen LogP contribution in [0.1, 0.15) is 5.56 Å². The fourth-order valence-electron chi connectivity index (χ4n) is 2.65. The minimum absolute atomic E-state index is 0.637. The number of nitrogens with two attached hydrogens (primary N) is 1. The quantitative estimate of drug-likeness (QED) is 0.382. The van der Waals surface area contributed by atoms with Crippen LogP contribution in [0.2, 0.25) is 0 Å². The number of guanidine groups is 1. The smallest absolute Gasteiger partial charge is 0.225 e. The molecule has 7 heteroatoms. The molecular formula is C18H24N6S. The van der Waals surface area contributed by atoms with Crippen molar-refractivity contribution in [3.05, 3.63) is 48.3 Å². The topological polar surface area (TPSA) is 70.6 Å². The van der Waals surface area contributed by atoms with Gasteiger partial charge in [-0.25, -0.2) is 9.97 Å². The number of aromatic nitrogens is 2. The zero-order valence-corrected chi connectivity index (χ0v) is 15.3. The largest absolute Gasteiger partial charge is 0.370 e. The Hall–Kier alpha value is -2.28. The molecule has 0 unspecified atom stereocenters. The second-order valence-corrected chi connectivity index (χ2v) is 7.09. The summed E-state index contributed by atoms with van der Waals surface area (Å²) in [6.07, 6.45) is 3.55. The zero-order valence-electron chi connectivity index (χ0n) is 14.5. The Labute approximate surface area is 153 Å². The first-order valence-corrected chi connectivity index (χ1v) is 9.47. The molecule has 25 heavy (non-hydrogen) atoms. The lowest BCUT2D eigenvalue weighted by Crippen LogP contribution is -2.51. The lowest BCUT2D eigenvalue weighted by atomic mass is 10.2. The molecule has 0 amide bonds. The summed E-state index contributed by atoms with van der Waals surface area (Å²) in [6, 6.07) is 10.4. The van der Waals surface area contributed by atoms with Crippen molar-refractivity contribution in [2.45, 2.75) is 11.8 Å². The second kappa shape index (κ2) is 8.71. The van der Waals surface area contributed by atoms with Gasteiger partial charge in [-0.15, -0.1) is 11.8 Å². The van der Waals surface area contributed by atoms with E-state index in [4.69, 9.17) is 5.73 Å². The molecule has 2 heterocycles. The first kappa shape index (κ1) is 17.5. The van der Waals surface area contributed by atoms with E-state index in [0.29, 0.717) is 5.96 Å². The number of hydrogen-bond donors (Lipinski definition) is 1. The molecule has 1 saturated heterocycles. The molecule has 0 radical (unpaired) electrons. The first-order chi connectivity index (χ1) is 12.2. The van der Waals surface area contributed by atoms with E-state index in [0.717, 1.165) is 44.4 Å². The molecular weight excluding hydrogens is 332 g/mol. The molecule has 0 atom stereocenters. The summed E-state index contributed by atoms with van der Waals surface area (Å²) in [4.78, 5) is 18.7. The van der Waals surface area contributed by atoms with Crippen LogP contribution < -0.4 is 10.6 Å². The van der Waals surface area contributed by atoms with Crippen molar-refractivity contribution in [2.75, 3.05) is 43.4 Å². The summed E-state index contributed by atoms with van der Waals surface area (Å²) >= 11 is 1.81. The van der Waals surface area contributed by atoms with Crippen LogP contribution in [0, 0.1) is 6.92 Å². The van der Waals surface area contributed by atoms with E-state index in [9.17, 15) is 0 Å². The van der Waals surface area contributed by atoms with Crippen molar-refractivity contribution < 1.29 is 0 Å². The maximum absolute atomic E-state index is 6.15. The third-order valence-electron chi connectivity index (χ3n) is 4.09. The summed E-state index contributed by atoms with van der Waals surface area (Å²) in [5.74, 6) is 2.35. The Balaban J connectivity index is 1.42. The number of aliphatic imine (C=N–C) groups is 1. The van der Waals surface area contributed by atoms with Gasteiger partial charge >= 0.3 is 0 Å². The third kappa shape index (κ3) is 5.09. The Morgan fingerprint density at radius 1 is 1.12 bits per heavy atom. The molecule has 2 aromatic rings. The minimum Gasteiger partial charge on any atom is -0.370 e. The van der Waals surface area contributed by atoms with Gasteiger partial charge in [-0.2, -0.15) is 0 Å². The number of nitrogens with zero attached hydrogens (tertiary/aromatic N) is 5. The number of anilines is 1. The molecule has 1 aliphatic heterocycles. The zero-order chi connectivity index (χ0) is 17.5. The molecule has 1 fully saturated rings. The van der Waals surface area contributed by atoms with Gasteiger partial charge in [-0.1, -0.05) is 17.7 Å². The van der Waals surface area contributed by atoms with Crippen molar-refractivity contribution in [3.8, 4) is 0 Å². The van der Waals surface area contributed by atoms with Gasteiger partial charge in [0.2, 0.25) is 5.95 Å². The van der Waals surface area contributed by atoms with Crippen molar-refractivity contribution in [3.63, 3.8) is 0 Å². The number of aryl methyl sites for hydroxylation is 1. The maximum Gasteiger partial charge on any atom is 0.225 e. The van der Waals surface area contributed by atoms with Crippen LogP contribution in [0.4, 0.5) is 5.95 Å². The van der Waals surface area contributed by atoms with E-state index in [1.165, 1.54) is 10.5 Å². The molecule has 1 aromatic heterocycles. The lowest BCUT2D eigenvalue weighted by Gasteiger charge is -2.35. The van der Waals surface area contributed by atoms with Crippen LogP contribution >= 0.6 is 11.8 Å². The summed E-state index contributed by atoms with van der Waals surface area (Å²) in [6.45, 7) is 6.24. The van der Waals surface area contributed by atoms with Crippen LogP contribution in [0.5, 0.6) is 0 Å². The standard InChI is InChI=1S/C18H24N6S/c1-15-3-5-16(6-4-15)25-14-9-20-17(19)23-10-12-24(13-11-23)18-21-7-2-8-22-18/h2-8H,9-14H2,1H3,(H2,19,20). The summed E-state index contributed by atoms with van der Waals surface area (Å²) in [5.41, 5.74) is 7.43. The van der Waals surface area contributed by atoms with Gasteiger partial charge in [0.1, 0.15) is 0 Å². The number of thioether (sulfide) groups is 1. The number of piperazine rings is 1. The Kier molecular flexibility index (Phi) is 6.11. The van der Waals surface area contributed by atoms with Crippen LogP contribution in [-0.2, 0) is 0 Å². The predicted octanol–water partition coefficient (Wildman–Crippen LogP) is 2.01. The van der Waals surface area contributed by atoms with Gasteiger partial charge < -0.3 is 15.5 Å². The molecule has 132 valence electrons. The molecule has 0 saturated carbocycles. The van der Waals surface area contributed by atoms with E-state index >= 15 is 0 Å². The van der Waals surface area contributed by atoms with Gasteiger partial charge in [0.15, 0.2) is 5.96 Å². The molecule has 0 bridgehead atoms. The summed E-state index contributed by atoms with van der Waals surface area (Å²) < 4.78 is 0. The fraction of sp³-hybridized carbons (Fsp3) is 0.389. The van der Waals surface area contributed by atoms with Gasteiger partial charge in [-0.3, -0.25) is 4.99 Å². The predicted molar refractivity (Wildman–Crippen MR) is 104 cm³/mol. The van der Waals surface area contributed by atoms with Crippen molar-refractivity contribution in [1.29, 1.82) is 0 Å². The average molecular weight is 356 g/mol. The molecule has 2 N–H and O–H groups in total. The van der Waals surface area contributed by atoms with Gasteiger partial charge in [0.25, 0.3) is 0 Å². The monoisotopic (exact) mass is 356 g/mol. The van der Waals surface area contributed by atoms with Crippen LogP contribution in [0.25, 0.3) is 0 Å². The van der Waals surface area contributed by atoms with E-state index < -0.39 is 0 Å². The molecule has 0 spiro atoms. The number of hydrogen-bond acceptors (Lipinski definition) is 5. The first-order valence-electron chi connectivity index (χ1n) is 8.49. The van der Waals surface area contributed by atoms with E-state index in [2.05, 4.69) is 55.9 Å². The normalized spacial score (nSPS) is 15.5. The highest BCUT2D eigenvalue weighted by atomic mass is 32.2. The Morgan fingerprint density at radius 3 is 2.48 bits per heavy atom. The van der Waals surface area contributed by atoms with Gasteiger partial charge in [0.05, 0.1) is 6.54 Å². The number of benzene rings is 1. The van der Waals surface area contributed by atoms with Crippen molar-refractivity contribution in [1.82, 2.24) is 14.9 Å². The van der Waals surface area contributed by atoms with Gasteiger partial charge in [0, 0.05) is 49.2 Å². The van der Waals surface area contributed by atoms with E-state index in [1.807, 2.05) is 17.8 Å². The molecule has 3 rings (SSSR count). The minimum atomic E-state index is 0.637. The Morgan fingerprint density at radius 2 is 1.80 bits per heavy atom. The van der Waals surface area contributed by atoms with Crippen LogP contribution in [-0.4, -0.2) is 59.3 Å². The van der Waals surface area contributed by atoms with Gasteiger partial charge in [-0.05, 0) is 25.1 Å². The summed E-state index contributed by atoms with van der Waals surface area (Å²) in [7, 11) is 0.